The molecule has 0 aliphatic rings. The fourth-order valence-electron chi connectivity index (χ4n) is 2.47. The van der Waals surface area contributed by atoms with Gasteiger partial charge in [-0.3, -0.25) is 9.20 Å². The number of para-hydroxylation sites is 1. The van der Waals surface area contributed by atoms with Crippen LogP contribution < -0.4 is 4.74 Å². The number of carboxylic acid groups (broad SMARTS) is 1. The Morgan fingerprint density at radius 2 is 2.04 bits per heavy atom. The second-order valence-corrected chi connectivity index (χ2v) is 5.49. The van der Waals surface area contributed by atoms with Crippen molar-refractivity contribution in [2.45, 2.75) is 20.3 Å². The maximum atomic E-state index is 11.1. The van der Waals surface area contributed by atoms with E-state index in [9.17, 15) is 4.79 Å². The predicted octanol–water partition coefficient (Wildman–Crippen LogP) is 4.08. The number of ether oxygens (including phenoxy) is 1. The van der Waals surface area contributed by atoms with Crippen LogP contribution in [-0.2, 0) is 11.2 Å². The highest BCUT2D eigenvalue weighted by Gasteiger charge is 2.15. The lowest BCUT2D eigenvalue weighted by atomic mass is 10.3. The van der Waals surface area contributed by atoms with Gasteiger partial charge in [-0.15, -0.1) is 10.2 Å². The molecule has 3 aromatic rings. The first kappa shape index (κ1) is 16.6. The lowest BCUT2D eigenvalue weighted by Gasteiger charge is -2.05. The largest absolute Gasteiger partial charge is 0.492 e. The van der Waals surface area contributed by atoms with Crippen molar-refractivity contribution in [2.24, 2.45) is 10.2 Å². The van der Waals surface area contributed by atoms with Crippen molar-refractivity contribution in [1.82, 2.24) is 9.38 Å². The van der Waals surface area contributed by atoms with Gasteiger partial charge in [0.05, 0.1) is 18.7 Å². The topological polar surface area (TPSA) is 88.5 Å². The van der Waals surface area contributed by atoms with Crippen molar-refractivity contribution in [3.63, 3.8) is 0 Å². The Balaban J connectivity index is 2.08. The molecule has 128 valence electrons. The molecule has 0 spiro atoms. The molecule has 2 heterocycles. The van der Waals surface area contributed by atoms with Gasteiger partial charge in [0.25, 0.3) is 0 Å². The molecular weight excluding hydrogens is 320 g/mol. The van der Waals surface area contributed by atoms with Crippen molar-refractivity contribution in [3.05, 3.63) is 53.9 Å². The summed E-state index contributed by atoms with van der Waals surface area (Å²) in [4.78, 5) is 15.5. The number of nitrogens with zero attached hydrogens (tertiary/aromatic N) is 4. The molecule has 1 N–H and O–H groups in total. The average molecular weight is 338 g/mol. The first-order chi connectivity index (χ1) is 12.1. The number of imidazole rings is 1. The minimum atomic E-state index is -0.966. The molecule has 0 saturated heterocycles. The zero-order valence-electron chi connectivity index (χ0n) is 14.0. The van der Waals surface area contributed by atoms with Crippen LogP contribution in [0.15, 0.2) is 52.8 Å². The number of pyridine rings is 1. The summed E-state index contributed by atoms with van der Waals surface area (Å²) in [6, 6.07) is 11.0. The SMILES string of the molecule is CCOc1ccccc1N=Nc1c(CC(=O)O)nc2ccc(C)cn12. The van der Waals surface area contributed by atoms with Crippen molar-refractivity contribution in [2.75, 3.05) is 6.61 Å². The van der Waals surface area contributed by atoms with Gasteiger partial charge >= 0.3 is 5.97 Å². The van der Waals surface area contributed by atoms with Gasteiger partial charge in [0.2, 0.25) is 0 Å². The number of carbonyl (C=O) groups is 1. The Hall–Kier alpha value is -3.22. The molecule has 7 nitrogen and oxygen atoms in total. The Kier molecular flexibility index (Phi) is 4.74. The van der Waals surface area contributed by atoms with Crippen LogP contribution in [0.5, 0.6) is 5.75 Å². The summed E-state index contributed by atoms with van der Waals surface area (Å²) in [5.41, 5.74) is 2.59. The van der Waals surface area contributed by atoms with Crippen molar-refractivity contribution in [3.8, 4) is 5.75 Å². The van der Waals surface area contributed by atoms with E-state index < -0.39 is 5.97 Å². The predicted molar refractivity (Wildman–Crippen MR) is 93.1 cm³/mol. The highest BCUT2D eigenvalue weighted by Crippen LogP contribution is 2.30. The van der Waals surface area contributed by atoms with Gasteiger partial charge < -0.3 is 9.84 Å². The molecule has 1 aromatic carbocycles. The average Bonchev–Trinajstić information content (AvgIpc) is 2.90. The number of rotatable bonds is 6. The quantitative estimate of drug-likeness (QED) is 0.686. The molecule has 0 amide bonds. The molecule has 7 heteroatoms. The number of fused-ring (bicyclic) bond motifs is 1. The van der Waals surface area contributed by atoms with E-state index in [0.717, 1.165) is 5.56 Å². The number of aryl methyl sites for hydroxylation is 1. The van der Waals surface area contributed by atoms with E-state index >= 15 is 0 Å². The van der Waals surface area contributed by atoms with Crippen LogP contribution in [0, 0.1) is 6.92 Å². The summed E-state index contributed by atoms with van der Waals surface area (Å²) in [5.74, 6) is 0.0669. The molecule has 0 fully saturated rings. The third-order valence-electron chi connectivity index (χ3n) is 3.55. The molecule has 25 heavy (non-hydrogen) atoms. The zero-order chi connectivity index (χ0) is 17.8. The minimum Gasteiger partial charge on any atom is -0.492 e. The van der Waals surface area contributed by atoms with E-state index in [0.29, 0.717) is 35.2 Å². The number of benzene rings is 1. The standard InChI is InChI=1S/C18H18N4O3/c1-3-25-15-7-5-4-6-13(15)20-21-18-14(10-17(23)24)19-16-9-8-12(2)11-22(16)18/h4-9,11H,3,10H2,1-2H3,(H,23,24). The number of aromatic nitrogens is 2. The summed E-state index contributed by atoms with van der Waals surface area (Å²) in [7, 11) is 0. The molecule has 0 unspecified atom stereocenters. The maximum Gasteiger partial charge on any atom is 0.309 e. The molecule has 0 radical (unpaired) electrons. The van der Waals surface area contributed by atoms with E-state index in [-0.39, 0.29) is 6.42 Å². The Bertz CT molecular complexity index is 947. The maximum absolute atomic E-state index is 11.1. The molecule has 3 rings (SSSR count). The van der Waals surface area contributed by atoms with Crippen LogP contribution >= 0.6 is 0 Å². The Labute approximate surface area is 144 Å². The number of hydrogen-bond donors (Lipinski definition) is 1. The number of carboxylic acids is 1. The normalized spacial score (nSPS) is 11.3. The third-order valence-corrected chi connectivity index (χ3v) is 3.55. The smallest absolute Gasteiger partial charge is 0.309 e. The molecule has 0 atom stereocenters. The molecule has 0 bridgehead atoms. The first-order valence-electron chi connectivity index (χ1n) is 7.91. The second-order valence-electron chi connectivity index (χ2n) is 5.49. The second kappa shape index (κ2) is 7.12. The summed E-state index contributed by atoms with van der Waals surface area (Å²) in [6.07, 6.45) is 1.64. The number of aliphatic carboxylic acids is 1. The van der Waals surface area contributed by atoms with Gasteiger partial charge in [-0.05, 0) is 37.6 Å². The molecule has 2 aromatic heterocycles. The van der Waals surface area contributed by atoms with Crippen LogP contribution in [0.1, 0.15) is 18.2 Å². The summed E-state index contributed by atoms with van der Waals surface area (Å²) in [5, 5.41) is 17.7. The Morgan fingerprint density at radius 3 is 2.80 bits per heavy atom. The monoisotopic (exact) mass is 338 g/mol. The lowest BCUT2D eigenvalue weighted by molar-refractivity contribution is -0.136. The van der Waals surface area contributed by atoms with E-state index in [1.54, 1.807) is 10.5 Å². The number of azo groups is 1. The van der Waals surface area contributed by atoms with E-state index in [2.05, 4.69) is 15.2 Å². The van der Waals surface area contributed by atoms with Crippen LogP contribution in [0.25, 0.3) is 5.65 Å². The fourth-order valence-corrected chi connectivity index (χ4v) is 2.47. The van der Waals surface area contributed by atoms with Crippen LogP contribution in [0.2, 0.25) is 0 Å². The van der Waals surface area contributed by atoms with Gasteiger partial charge in [0.15, 0.2) is 5.82 Å². The summed E-state index contributed by atoms with van der Waals surface area (Å²) in [6.45, 7) is 4.36. The van der Waals surface area contributed by atoms with Crippen LogP contribution in [-0.4, -0.2) is 27.1 Å². The fraction of sp³-hybridized carbons (Fsp3) is 0.222. The molecule has 0 saturated carbocycles. The van der Waals surface area contributed by atoms with Gasteiger partial charge in [0.1, 0.15) is 17.1 Å². The van der Waals surface area contributed by atoms with Crippen LogP contribution in [0.4, 0.5) is 11.5 Å². The van der Waals surface area contributed by atoms with Gasteiger partial charge in [0, 0.05) is 6.20 Å². The summed E-state index contributed by atoms with van der Waals surface area (Å²) < 4.78 is 7.29. The zero-order valence-corrected chi connectivity index (χ0v) is 14.0. The third kappa shape index (κ3) is 3.65. The van der Waals surface area contributed by atoms with Gasteiger partial charge in [-0.2, -0.15) is 0 Å². The molecule has 0 aliphatic heterocycles. The van der Waals surface area contributed by atoms with Crippen molar-refractivity contribution >= 4 is 23.1 Å². The van der Waals surface area contributed by atoms with E-state index in [1.807, 2.05) is 50.4 Å². The van der Waals surface area contributed by atoms with E-state index in [4.69, 9.17) is 9.84 Å². The lowest BCUT2D eigenvalue weighted by Crippen LogP contribution is -2.00. The van der Waals surface area contributed by atoms with Gasteiger partial charge in [-0.1, -0.05) is 18.2 Å². The van der Waals surface area contributed by atoms with Crippen LogP contribution in [0.3, 0.4) is 0 Å². The van der Waals surface area contributed by atoms with E-state index in [1.165, 1.54) is 0 Å². The summed E-state index contributed by atoms with van der Waals surface area (Å²) >= 11 is 0. The first-order valence-corrected chi connectivity index (χ1v) is 7.91. The van der Waals surface area contributed by atoms with Gasteiger partial charge in [-0.25, -0.2) is 4.98 Å². The Morgan fingerprint density at radius 1 is 1.24 bits per heavy atom. The molecule has 0 aliphatic carbocycles. The highest BCUT2D eigenvalue weighted by atomic mass is 16.5. The minimum absolute atomic E-state index is 0.220. The molecular formula is C18H18N4O3. The van der Waals surface area contributed by atoms with Crippen molar-refractivity contribution in [1.29, 1.82) is 0 Å². The highest BCUT2D eigenvalue weighted by molar-refractivity contribution is 5.72. The number of hydrogen-bond acceptors (Lipinski definition) is 5. The van der Waals surface area contributed by atoms with Crippen molar-refractivity contribution < 1.29 is 14.6 Å².